The minimum Gasteiger partial charge on any atom is -0.394 e. The zero-order valence-electron chi connectivity index (χ0n) is 11.9. The summed E-state index contributed by atoms with van der Waals surface area (Å²) in [5.74, 6) is 0.743. The van der Waals surface area contributed by atoms with Crippen LogP contribution in [0.15, 0.2) is 42.9 Å². The van der Waals surface area contributed by atoms with Crippen molar-refractivity contribution < 1.29 is 5.11 Å². The van der Waals surface area contributed by atoms with Gasteiger partial charge in [-0.3, -0.25) is 0 Å². The number of H-pyrrole nitrogens is 1. The van der Waals surface area contributed by atoms with Crippen molar-refractivity contribution in [3.8, 4) is 0 Å². The lowest BCUT2D eigenvalue weighted by Gasteiger charge is -2.17. The number of aromatic nitrogens is 3. The van der Waals surface area contributed by atoms with Crippen LogP contribution in [0.5, 0.6) is 0 Å². The molecule has 0 amide bonds. The molecule has 108 valence electrons. The van der Waals surface area contributed by atoms with Gasteiger partial charge in [0.25, 0.3) is 0 Å². The quantitative estimate of drug-likeness (QED) is 0.671. The highest BCUT2D eigenvalue weighted by Crippen LogP contribution is 2.19. The van der Waals surface area contributed by atoms with Crippen LogP contribution in [0.2, 0.25) is 0 Å². The molecule has 3 N–H and O–H groups in total. The van der Waals surface area contributed by atoms with Crippen molar-refractivity contribution in [2.24, 2.45) is 0 Å². The first-order valence-electron chi connectivity index (χ1n) is 6.97. The van der Waals surface area contributed by atoms with E-state index < -0.39 is 0 Å². The fourth-order valence-electron chi connectivity index (χ4n) is 2.47. The molecule has 0 unspecified atom stereocenters. The Labute approximate surface area is 123 Å². The molecule has 5 heteroatoms. The molecule has 1 atom stereocenters. The van der Waals surface area contributed by atoms with Gasteiger partial charge in [0.2, 0.25) is 0 Å². The van der Waals surface area contributed by atoms with Crippen molar-refractivity contribution in [2.45, 2.75) is 19.4 Å². The standard InChI is InChI=1S/C16H18N4O/c1-11-3-2-4-12(7-11)8-13(9-21)20-16-14-5-6-17-15(14)18-10-19-16/h2-7,10,13,21H,8-9H2,1H3,(H2,17,18,19,20)/t13-/m1/s1. The Balaban J connectivity index is 1.79. The molecule has 0 aliphatic carbocycles. The first-order valence-corrected chi connectivity index (χ1v) is 6.97. The Morgan fingerprint density at radius 2 is 2.19 bits per heavy atom. The second-order valence-corrected chi connectivity index (χ2v) is 5.18. The third kappa shape index (κ3) is 3.03. The van der Waals surface area contributed by atoms with Gasteiger partial charge < -0.3 is 15.4 Å². The number of nitrogens with one attached hydrogen (secondary N) is 2. The van der Waals surface area contributed by atoms with Crippen molar-refractivity contribution in [3.05, 3.63) is 54.0 Å². The van der Waals surface area contributed by atoms with Gasteiger partial charge in [-0.1, -0.05) is 29.8 Å². The predicted molar refractivity (Wildman–Crippen MR) is 83.3 cm³/mol. The lowest BCUT2D eigenvalue weighted by molar-refractivity contribution is 0.273. The highest BCUT2D eigenvalue weighted by atomic mass is 16.3. The van der Waals surface area contributed by atoms with E-state index in [1.165, 1.54) is 17.5 Å². The summed E-state index contributed by atoms with van der Waals surface area (Å²) in [6.45, 7) is 2.11. The summed E-state index contributed by atoms with van der Waals surface area (Å²) in [5.41, 5.74) is 3.21. The zero-order chi connectivity index (χ0) is 14.7. The lowest BCUT2D eigenvalue weighted by Crippen LogP contribution is -2.27. The summed E-state index contributed by atoms with van der Waals surface area (Å²) in [6, 6.07) is 10.2. The molecule has 21 heavy (non-hydrogen) atoms. The molecular weight excluding hydrogens is 264 g/mol. The van der Waals surface area contributed by atoms with E-state index in [0.717, 1.165) is 23.3 Å². The number of nitrogens with zero attached hydrogens (tertiary/aromatic N) is 2. The Hall–Kier alpha value is -2.40. The molecule has 0 spiro atoms. The summed E-state index contributed by atoms with van der Waals surface area (Å²) >= 11 is 0. The largest absolute Gasteiger partial charge is 0.394 e. The minimum atomic E-state index is -0.0835. The van der Waals surface area contributed by atoms with Crippen LogP contribution in [0, 0.1) is 6.92 Å². The average Bonchev–Trinajstić information content (AvgIpc) is 2.96. The number of aryl methyl sites for hydroxylation is 1. The number of aliphatic hydroxyl groups is 1. The van der Waals surface area contributed by atoms with E-state index in [4.69, 9.17) is 0 Å². The minimum absolute atomic E-state index is 0.0455. The summed E-state index contributed by atoms with van der Waals surface area (Å²) < 4.78 is 0. The monoisotopic (exact) mass is 282 g/mol. The van der Waals surface area contributed by atoms with E-state index >= 15 is 0 Å². The molecular formula is C16H18N4O. The molecule has 5 nitrogen and oxygen atoms in total. The average molecular weight is 282 g/mol. The summed E-state index contributed by atoms with van der Waals surface area (Å²) in [7, 11) is 0. The predicted octanol–water partition coefficient (Wildman–Crippen LogP) is 2.28. The van der Waals surface area contributed by atoms with Gasteiger partial charge in [-0.05, 0) is 25.0 Å². The molecule has 0 radical (unpaired) electrons. The third-order valence-corrected chi connectivity index (χ3v) is 3.48. The topological polar surface area (TPSA) is 73.8 Å². The highest BCUT2D eigenvalue weighted by Gasteiger charge is 2.12. The van der Waals surface area contributed by atoms with Gasteiger partial charge in [0.15, 0.2) is 0 Å². The fraction of sp³-hybridized carbons (Fsp3) is 0.250. The number of anilines is 1. The Morgan fingerprint density at radius 3 is 3.00 bits per heavy atom. The van der Waals surface area contributed by atoms with Gasteiger partial charge in [-0.2, -0.15) is 0 Å². The molecule has 2 heterocycles. The number of benzene rings is 1. The van der Waals surface area contributed by atoms with Crippen LogP contribution < -0.4 is 5.32 Å². The summed E-state index contributed by atoms with van der Waals surface area (Å²) in [4.78, 5) is 11.5. The van der Waals surface area contributed by atoms with Crippen molar-refractivity contribution >= 4 is 16.9 Å². The number of fused-ring (bicyclic) bond motifs is 1. The molecule has 0 saturated carbocycles. The number of aliphatic hydroxyl groups excluding tert-OH is 1. The van der Waals surface area contributed by atoms with Gasteiger partial charge in [0.05, 0.1) is 18.0 Å². The van der Waals surface area contributed by atoms with Crippen molar-refractivity contribution in [3.63, 3.8) is 0 Å². The Bertz CT molecular complexity index is 738. The van der Waals surface area contributed by atoms with Crippen LogP contribution in [0.3, 0.4) is 0 Å². The number of aromatic amines is 1. The SMILES string of the molecule is Cc1cccc(C[C@H](CO)Nc2ncnc3[nH]ccc23)c1. The van der Waals surface area contributed by atoms with Crippen molar-refractivity contribution in [2.75, 3.05) is 11.9 Å². The van der Waals surface area contributed by atoms with Crippen LogP contribution >= 0.6 is 0 Å². The van der Waals surface area contributed by atoms with Gasteiger partial charge in [-0.25, -0.2) is 9.97 Å². The maximum absolute atomic E-state index is 9.63. The lowest BCUT2D eigenvalue weighted by atomic mass is 10.0. The maximum atomic E-state index is 9.63. The van der Waals surface area contributed by atoms with Crippen LogP contribution in [0.25, 0.3) is 11.0 Å². The van der Waals surface area contributed by atoms with E-state index in [2.05, 4.69) is 45.4 Å². The van der Waals surface area contributed by atoms with E-state index in [1.807, 2.05) is 18.3 Å². The molecule has 0 saturated heterocycles. The number of hydrogen-bond donors (Lipinski definition) is 3. The van der Waals surface area contributed by atoms with Crippen LogP contribution in [-0.2, 0) is 6.42 Å². The van der Waals surface area contributed by atoms with E-state index in [1.54, 1.807) is 0 Å². The normalized spacial score (nSPS) is 12.5. The Morgan fingerprint density at radius 1 is 1.29 bits per heavy atom. The van der Waals surface area contributed by atoms with E-state index in [9.17, 15) is 5.11 Å². The second kappa shape index (κ2) is 5.93. The molecule has 1 aromatic carbocycles. The first-order chi connectivity index (χ1) is 10.3. The number of hydrogen-bond acceptors (Lipinski definition) is 4. The van der Waals surface area contributed by atoms with Gasteiger partial charge in [0.1, 0.15) is 17.8 Å². The molecule has 2 aromatic heterocycles. The Kier molecular flexibility index (Phi) is 3.83. The van der Waals surface area contributed by atoms with Gasteiger partial charge in [0, 0.05) is 6.20 Å². The molecule has 0 fully saturated rings. The van der Waals surface area contributed by atoms with E-state index in [0.29, 0.717) is 0 Å². The summed E-state index contributed by atoms with van der Waals surface area (Å²) in [5, 5.41) is 13.9. The highest BCUT2D eigenvalue weighted by molar-refractivity contribution is 5.86. The zero-order valence-corrected chi connectivity index (χ0v) is 11.9. The van der Waals surface area contributed by atoms with Crippen LogP contribution in [0.4, 0.5) is 5.82 Å². The van der Waals surface area contributed by atoms with Crippen molar-refractivity contribution in [1.82, 2.24) is 15.0 Å². The van der Waals surface area contributed by atoms with Crippen molar-refractivity contribution in [1.29, 1.82) is 0 Å². The number of rotatable bonds is 5. The molecule has 3 rings (SSSR count). The summed E-state index contributed by atoms with van der Waals surface area (Å²) in [6.07, 6.45) is 4.09. The molecule has 3 aromatic rings. The molecule has 0 aliphatic rings. The molecule has 0 bridgehead atoms. The second-order valence-electron chi connectivity index (χ2n) is 5.18. The first kappa shape index (κ1) is 13.6. The smallest absolute Gasteiger partial charge is 0.142 e. The fourth-order valence-corrected chi connectivity index (χ4v) is 2.47. The van der Waals surface area contributed by atoms with Gasteiger partial charge >= 0.3 is 0 Å². The van der Waals surface area contributed by atoms with Gasteiger partial charge in [-0.15, -0.1) is 0 Å². The van der Waals surface area contributed by atoms with Crippen LogP contribution in [-0.4, -0.2) is 32.7 Å². The molecule has 0 aliphatic heterocycles. The van der Waals surface area contributed by atoms with Crippen LogP contribution in [0.1, 0.15) is 11.1 Å². The maximum Gasteiger partial charge on any atom is 0.142 e. The van der Waals surface area contributed by atoms with E-state index in [-0.39, 0.29) is 12.6 Å². The third-order valence-electron chi connectivity index (χ3n) is 3.48.